The van der Waals surface area contributed by atoms with Crippen LogP contribution in [0.3, 0.4) is 0 Å². The molecule has 2 rings (SSSR count). The fraction of sp³-hybridized carbons (Fsp3) is 0.200. The summed E-state index contributed by atoms with van der Waals surface area (Å²) in [6, 6.07) is 4.17. The van der Waals surface area contributed by atoms with E-state index in [-0.39, 0.29) is 11.3 Å². The van der Waals surface area contributed by atoms with Crippen molar-refractivity contribution in [1.29, 1.82) is 0 Å². The Kier molecular flexibility index (Phi) is 4.27. The third-order valence-electron chi connectivity index (χ3n) is 2.82. The lowest BCUT2D eigenvalue weighted by atomic mass is 10.1. The van der Waals surface area contributed by atoms with Gasteiger partial charge < -0.3 is 0 Å². The van der Waals surface area contributed by atoms with Crippen molar-refractivity contribution in [3.8, 4) is 0 Å². The molecule has 1 aromatic carbocycles. The van der Waals surface area contributed by atoms with Gasteiger partial charge in [-0.1, -0.05) is 12.1 Å². The number of rotatable bonds is 3. The largest absolute Gasteiger partial charge is 0.416 e. The van der Waals surface area contributed by atoms with Crippen molar-refractivity contribution in [2.24, 2.45) is 0 Å². The lowest BCUT2D eigenvalue weighted by Crippen LogP contribution is -2.05. The summed E-state index contributed by atoms with van der Waals surface area (Å²) >= 11 is 1.46. The van der Waals surface area contributed by atoms with Gasteiger partial charge in [-0.25, -0.2) is 4.98 Å². The van der Waals surface area contributed by atoms with E-state index >= 15 is 0 Å². The molecule has 1 heterocycles. The summed E-state index contributed by atoms with van der Waals surface area (Å²) in [5, 5.41) is 0.897. The van der Waals surface area contributed by atoms with E-state index in [0.29, 0.717) is 0 Å². The molecular weight excluding hydrogens is 299 g/mol. The van der Waals surface area contributed by atoms with Crippen molar-refractivity contribution < 1.29 is 18.0 Å². The molecule has 0 atom stereocenters. The van der Waals surface area contributed by atoms with Gasteiger partial charge in [0.25, 0.3) is 0 Å². The first-order chi connectivity index (χ1) is 9.77. The number of hydrogen-bond donors (Lipinski definition) is 0. The minimum Gasteiger partial charge on any atom is -0.289 e. The van der Waals surface area contributed by atoms with E-state index in [1.54, 1.807) is 6.08 Å². The Morgan fingerprint density at radius 2 is 1.81 bits per heavy atom. The predicted molar refractivity (Wildman–Crippen MR) is 76.4 cm³/mol. The van der Waals surface area contributed by atoms with Crippen LogP contribution in [0.25, 0.3) is 6.08 Å². The number of ketones is 1. The zero-order valence-electron chi connectivity index (χ0n) is 11.4. The molecule has 6 heteroatoms. The van der Waals surface area contributed by atoms with Gasteiger partial charge in [0.15, 0.2) is 5.78 Å². The molecule has 0 unspecified atom stereocenters. The monoisotopic (exact) mass is 311 g/mol. The summed E-state index contributed by atoms with van der Waals surface area (Å²) in [4.78, 5) is 17.0. The Morgan fingerprint density at radius 1 is 1.19 bits per heavy atom. The molecule has 0 aliphatic rings. The second-order valence-electron chi connectivity index (χ2n) is 4.46. The molecule has 0 saturated carbocycles. The Hall–Kier alpha value is -1.95. The van der Waals surface area contributed by atoms with E-state index < -0.39 is 11.7 Å². The van der Waals surface area contributed by atoms with Gasteiger partial charge in [-0.05, 0) is 38.1 Å². The highest BCUT2D eigenvalue weighted by molar-refractivity contribution is 7.12. The lowest BCUT2D eigenvalue weighted by molar-refractivity contribution is -0.137. The van der Waals surface area contributed by atoms with Crippen molar-refractivity contribution in [3.63, 3.8) is 0 Å². The molecule has 2 nitrogen and oxygen atoms in total. The van der Waals surface area contributed by atoms with Crippen molar-refractivity contribution in [1.82, 2.24) is 4.98 Å². The van der Waals surface area contributed by atoms with E-state index in [0.717, 1.165) is 27.7 Å². The molecule has 21 heavy (non-hydrogen) atoms. The maximum absolute atomic E-state index is 12.4. The van der Waals surface area contributed by atoms with Crippen LogP contribution in [0.2, 0.25) is 0 Å². The van der Waals surface area contributed by atoms with E-state index in [1.807, 2.05) is 13.8 Å². The van der Waals surface area contributed by atoms with Gasteiger partial charge in [0.2, 0.25) is 0 Å². The second kappa shape index (κ2) is 5.81. The van der Waals surface area contributed by atoms with Gasteiger partial charge in [0, 0.05) is 5.56 Å². The van der Waals surface area contributed by atoms with Gasteiger partial charge in [-0.3, -0.25) is 4.79 Å². The quantitative estimate of drug-likeness (QED) is 0.609. The van der Waals surface area contributed by atoms with E-state index in [4.69, 9.17) is 0 Å². The van der Waals surface area contributed by atoms with Crippen molar-refractivity contribution in [2.45, 2.75) is 20.0 Å². The van der Waals surface area contributed by atoms with Crippen LogP contribution in [0.4, 0.5) is 13.2 Å². The number of benzene rings is 1. The zero-order valence-corrected chi connectivity index (χ0v) is 12.2. The number of carbonyl (C=O) groups excluding carboxylic acids is 1. The van der Waals surface area contributed by atoms with Crippen LogP contribution in [0.1, 0.15) is 31.5 Å². The number of halogens is 3. The zero-order chi connectivity index (χ0) is 15.6. The molecular formula is C15H12F3NOS. The average Bonchev–Trinajstić information content (AvgIpc) is 2.73. The Morgan fingerprint density at radius 3 is 2.29 bits per heavy atom. The lowest BCUT2D eigenvalue weighted by Gasteiger charge is -2.06. The third kappa shape index (κ3) is 3.78. The highest BCUT2D eigenvalue weighted by Crippen LogP contribution is 2.29. The number of alkyl halides is 3. The molecule has 0 saturated heterocycles. The SMILES string of the molecule is Cc1nc(C)c(C=CC(=O)c2ccc(C(F)(F)F)cc2)s1. The molecule has 0 aliphatic carbocycles. The second-order valence-corrected chi connectivity index (χ2v) is 5.69. The van der Waals surface area contributed by atoms with Crippen LogP contribution in [0, 0.1) is 13.8 Å². The van der Waals surface area contributed by atoms with Gasteiger partial charge in [0.1, 0.15) is 0 Å². The fourth-order valence-corrected chi connectivity index (χ4v) is 2.60. The minimum absolute atomic E-state index is 0.221. The Labute approximate surface area is 124 Å². The smallest absolute Gasteiger partial charge is 0.289 e. The van der Waals surface area contributed by atoms with Crippen LogP contribution < -0.4 is 0 Å². The standard InChI is InChI=1S/C15H12F3NOS/c1-9-14(21-10(2)19-9)8-7-13(20)11-3-5-12(6-4-11)15(16,17)18/h3-8H,1-2H3. The molecule has 0 spiro atoms. The van der Waals surface area contributed by atoms with Crippen LogP contribution in [0.5, 0.6) is 0 Å². The molecule has 0 radical (unpaired) electrons. The molecule has 1 aromatic heterocycles. The van der Waals surface area contributed by atoms with Crippen LogP contribution >= 0.6 is 11.3 Å². The highest BCUT2D eigenvalue weighted by atomic mass is 32.1. The Bertz CT molecular complexity index is 684. The predicted octanol–water partition coefficient (Wildman–Crippen LogP) is 4.67. The number of nitrogens with zero attached hydrogens (tertiary/aromatic N) is 1. The summed E-state index contributed by atoms with van der Waals surface area (Å²) in [6.07, 6.45) is -1.41. The number of aromatic nitrogens is 1. The molecule has 110 valence electrons. The van der Waals surface area contributed by atoms with E-state index in [1.165, 1.54) is 29.5 Å². The topological polar surface area (TPSA) is 30.0 Å². The molecule has 0 fully saturated rings. The summed E-state index contributed by atoms with van der Waals surface area (Å²) in [5.41, 5.74) is 0.282. The van der Waals surface area contributed by atoms with Crippen LogP contribution in [0.15, 0.2) is 30.3 Å². The summed E-state index contributed by atoms with van der Waals surface area (Å²) in [7, 11) is 0. The number of hydrogen-bond acceptors (Lipinski definition) is 3. The average molecular weight is 311 g/mol. The highest BCUT2D eigenvalue weighted by Gasteiger charge is 2.30. The molecule has 0 aliphatic heterocycles. The van der Waals surface area contributed by atoms with E-state index in [9.17, 15) is 18.0 Å². The first-order valence-corrected chi connectivity index (χ1v) is 6.93. The molecule has 0 amide bonds. The third-order valence-corrected chi connectivity index (χ3v) is 3.86. The normalized spacial score (nSPS) is 12.0. The summed E-state index contributed by atoms with van der Waals surface area (Å²) in [6.45, 7) is 3.71. The van der Waals surface area contributed by atoms with Crippen molar-refractivity contribution >= 4 is 23.2 Å². The number of carbonyl (C=O) groups is 1. The van der Waals surface area contributed by atoms with Gasteiger partial charge >= 0.3 is 6.18 Å². The maximum atomic E-state index is 12.4. The summed E-state index contributed by atoms with van der Waals surface area (Å²) < 4.78 is 37.3. The van der Waals surface area contributed by atoms with Gasteiger partial charge in [-0.15, -0.1) is 11.3 Å². The minimum atomic E-state index is -4.39. The first-order valence-electron chi connectivity index (χ1n) is 6.11. The summed E-state index contributed by atoms with van der Waals surface area (Å²) in [5.74, 6) is -0.339. The molecule has 0 bridgehead atoms. The molecule has 0 N–H and O–H groups in total. The van der Waals surface area contributed by atoms with Crippen LogP contribution in [-0.2, 0) is 6.18 Å². The van der Waals surface area contributed by atoms with E-state index in [2.05, 4.69) is 4.98 Å². The number of thiazole rings is 1. The van der Waals surface area contributed by atoms with Crippen LogP contribution in [-0.4, -0.2) is 10.8 Å². The fourth-order valence-electron chi connectivity index (χ4n) is 1.77. The molecule has 2 aromatic rings. The number of aryl methyl sites for hydroxylation is 2. The number of allylic oxidation sites excluding steroid dienone is 1. The van der Waals surface area contributed by atoms with Gasteiger partial charge in [-0.2, -0.15) is 13.2 Å². The first kappa shape index (κ1) is 15.4. The van der Waals surface area contributed by atoms with Crippen molar-refractivity contribution in [2.75, 3.05) is 0 Å². The van der Waals surface area contributed by atoms with Crippen molar-refractivity contribution in [3.05, 3.63) is 57.0 Å². The maximum Gasteiger partial charge on any atom is 0.416 e. The Balaban J connectivity index is 2.15. The van der Waals surface area contributed by atoms with Gasteiger partial charge in [0.05, 0.1) is 21.1 Å².